The Morgan fingerprint density at radius 1 is 1.15 bits per heavy atom. The Morgan fingerprint density at radius 2 is 1.88 bits per heavy atom. The van der Waals surface area contributed by atoms with Crippen LogP contribution in [0.4, 0.5) is 10.5 Å². The van der Waals surface area contributed by atoms with Crippen molar-refractivity contribution in [2.45, 2.75) is 45.8 Å². The minimum atomic E-state index is -0.495. The van der Waals surface area contributed by atoms with E-state index in [1.165, 1.54) is 16.6 Å². The van der Waals surface area contributed by atoms with E-state index >= 15 is 0 Å². The van der Waals surface area contributed by atoms with Gasteiger partial charge in [0.1, 0.15) is 12.1 Å². The lowest BCUT2D eigenvalue weighted by atomic mass is 10.1. The van der Waals surface area contributed by atoms with E-state index in [4.69, 9.17) is 4.74 Å². The molecule has 138 valence electrons. The number of rotatable bonds is 0. The van der Waals surface area contributed by atoms with Crippen molar-refractivity contribution in [2.75, 3.05) is 25.0 Å². The number of carbonyl (C=O) groups excluding carboxylic acids is 2. The first-order valence-corrected chi connectivity index (χ1v) is 9.14. The number of likely N-dealkylation sites (N-methyl/N-ethyl adjacent to an activating group) is 1. The minimum Gasteiger partial charge on any atom is -0.444 e. The summed E-state index contributed by atoms with van der Waals surface area (Å²) in [5, 5.41) is 1.20. The van der Waals surface area contributed by atoms with Gasteiger partial charge in [0.05, 0.1) is 11.2 Å². The molecule has 0 atom stereocenters. The number of nitrogens with zero attached hydrogens (tertiary/aromatic N) is 3. The smallest absolute Gasteiger partial charge is 0.410 e. The second-order valence-electron chi connectivity index (χ2n) is 8.10. The van der Waals surface area contributed by atoms with Crippen molar-refractivity contribution in [3.8, 4) is 0 Å². The van der Waals surface area contributed by atoms with Crippen LogP contribution in [0.15, 0.2) is 18.2 Å². The molecule has 3 heterocycles. The summed E-state index contributed by atoms with van der Waals surface area (Å²) < 4.78 is 7.69. The third-order valence-corrected chi connectivity index (χ3v) is 5.21. The van der Waals surface area contributed by atoms with Crippen LogP contribution in [0, 0.1) is 0 Å². The Kier molecular flexibility index (Phi) is 3.75. The highest BCUT2D eigenvalue weighted by Gasteiger charge is 2.31. The largest absolute Gasteiger partial charge is 0.444 e. The molecule has 2 amide bonds. The zero-order chi connectivity index (χ0) is 18.6. The Bertz CT molecular complexity index is 907. The number of ether oxygens (including phenoxy) is 1. The number of amides is 2. The van der Waals surface area contributed by atoms with Crippen LogP contribution in [0.25, 0.3) is 10.9 Å². The Labute approximate surface area is 153 Å². The lowest BCUT2D eigenvalue weighted by Gasteiger charge is -2.27. The van der Waals surface area contributed by atoms with E-state index in [0.29, 0.717) is 19.6 Å². The topological polar surface area (TPSA) is 54.8 Å². The summed E-state index contributed by atoms with van der Waals surface area (Å²) in [5.74, 6) is 0.0941. The third-order valence-electron chi connectivity index (χ3n) is 5.21. The van der Waals surface area contributed by atoms with Crippen molar-refractivity contribution in [2.24, 2.45) is 0 Å². The fourth-order valence-electron chi connectivity index (χ4n) is 4.01. The van der Waals surface area contributed by atoms with E-state index in [2.05, 4.69) is 10.6 Å². The maximum atomic E-state index is 12.5. The summed E-state index contributed by atoms with van der Waals surface area (Å²) in [4.78, 5) is 28.4. The standard InChI is InChI=1S/C20H25N3O3/c1-20(2,3)26-19(25)22-10-8-13-14-6-5-7-16-18(14)23(15(13)9-11-22)12-17(24)21(16)4/h5-7H,8-12H2,1-4H3. The zero-order valence-electron chi connectivity index (χ0n) is 15.8. The van der Waals surface area contributed by atoms with E-state index in [9.17, 15) is 9.59 Å². The summed E-state index contributed by atoms with van der Waals surface area (Å²) in [7, 11) is 1.84. The van der Waals surface area contributed by atoms with Gasteiger partial charge in [0, 0.05) is 37.6 Å². The van der Waals surface area contributed by atoms with Crippen LogP contribution in [-0.4, -0.2) is 47.2 Å². The van der Waals surface area contributed by atoms with Crippen LogP contribution >= 0.6 is 0 Å². The lowest BCUT2D eigenvalue weighted by molar-refractivity contribution is -0.119. The highest BCUT2D eigenvalue weighted by atomic mass is 16.6. The molecule has 6 nitrogen and oxygen atoms in total. The lowest BCUT2D eigenvalue weighted by Crippen LogP contribution is -2.38. The molecule has 0 saturated heterocycles. The molecule has 0 saturated carbocycles. The molecule has 1 aromatic carbocycles. The van der Waals surface area contributed by atoms with E-state index in [1.54, 1.807) is 9.80 Å². The van der Waals surface area contributed by atoms with Gasteiger partial charge in [-0.15, -0.1) is 0 Å². The molecule has 2 aliphatic heterocycles. The van der Waals surface area contributed by atoms with Gasteiger partial charge in [-0.25, -0.2) is 4.79 Å². The molecule has 0 radical (unpaired) electrons. The molecule has 6 heteroatoms. The van der Waals surface area contributed by atoms with Crippen LogP contribution in [-0.2, 0) is 28.9 Å². The van der Waals surface area contributed by atoms with Crippen LogP contribution in [0.1, 0.15) is 32.0 Å². The molecule has 0 unspecified atom stereocenters. The first-order chi connectivity index (χ1) is 12.3. The highest BCUT2D eigenvalue weighted by Crippen LogP contribution is 2.37. The van der Waals surface area contributed by atoms with Gasteiger partial charge in [0.15, 0.2) is 0 Å². The van der Waals surface area contributed by atoms with Crippen molar-refractivity contribution in [1.29, 1.82) is 0 Å². The number of benzene rings is 1. The van der Waals surface area contributed by atoms with Gasteiger partial charge in [-0.3, -0.25) is 4.79 Å². The molecule has 0 aliphatic carbocycles. The van der Waals surface area contributed by atoms with Crippen molar-refractivity contribution in [1.82, 2.24) is 9.47 Å². The SMILES string of the molecule is CN1C(=O)Cn2c3c(c4cccc1c42)CCN(C(=O)OC(C)(C)C)CC3. The van der Waals surface area contributed by atoms with Crippen molar-refractivity contribution in [3.63, 3.8) is 0 Å². The molecule has 0 bridgehead atoms. The van der Waals surface area contributed by atoms with Gasteiger partial charge < -0.3 is 19.1 Å². The van der Waals surface area contributed by atoms with E-state index in [1.807, 2.05) is 40.0 Å². The second kappa shape index (κ2) is 5.76. The average Bonchev–Trinajstić information content (AvgIpc) is 2.72. The first-order valence-electron chi connectivity index (χ1n) is 9.14. The second-order valence-corrected chi connectivity index (χ2v) is 8.10. The molecule has 26 heavy (non-hydrogen) atoms. The van der Waals surface area contributed by atoms with Gasteiger partial charge in [0.25, 0.3) is 0 Å². The summed E-state index contributed by atoms with van der Waals surface area (Å²) in [6.45, 7) is 7.26. The van der Waals surface area contributed by atoms with E-state index in [0.717, 1.165) is 24.0 Å². The zero-order valence-corrected chi connectivity index (χ0v) is 15.8. The fraction of sp³-hybridized carbons (Fsp3) is 0.500. The first kappa shape index (κ1) is 16.9. The van der Waals surface area contributed by atoms with Crippen LogP contribution in [0.5, 0.6) is 0 Å². The van der Waals surface area contributed by atoms with Gasteiger partial charge in [-0.05, 0) is 38.8 Å². The molecule has 2 aromatic rings. The monoisotopic (exact) mass is 355 g/mol. The minimum absolute atomic E-state index is 0.0941. The third kappa shape index (κ3) is 2.64. The maximum absolute atomic E-state index is 12.5. The van der Waals surface area contributed by atoms with Crippen LogP contribution < -0.4 is 4.90 Å². The highest BCUT2D eigenvalue weighted by molar-refractivity contribution is 6.07. The normalized spacial score (nSPS) is 17.3. The predicted molar refractivity (Wildman–Crippen MR) is 101 cm³/mol. The molecule has 0 fully saturated rings. The predicted octanol–water partition coefficient (Wildman–Crippen LogP) is 2.95. The number of aromatic nitrogens is 1. The van der Waals surface area contributed by atoms with Crippen molar-refractivity contribution in [3.05, 3.63) is 29.5 Å². The number of carbonyl (C=O) groups is 2. The van der Waals surface area contributed by atoms with Crippen LogP contribution in [0.2, 0.25) is 0 Å². The van der Waals surface area contributed by atoms with Crippen molar-refractivity contribution < 1.29 is 14.3 Å². The number of anilines is 1. The number of hydrogen-bond acceptors (Lipinski definition) is 3. The molecule has 2 aliphatic rings. The number of fused-ring (bicyclic) bond motifs is 3. The molecule has 1 aromatic heterocycles. The molecular weight excluding hydrogens is 330 g/mol. The van der Waals surface area contributed by atoms with Crippen molar-refractivity contribution >= 4 is 28.6 Å². The summed E-state index contributed by atoms with van der Waals surface area (Å²) in [6, 6.07) is 6.14. The molecule has 0 spiro atoms. The van der Waals surface area contributed by atoms with Crippen LogP contribution in [0.3, 0.4) is 0 Å². The molecular formula is C20H25N3O3. The summed E-state index contributed by atoms with van der Waals surface area (Å²) >= 11 is 0. The van der Waals surface area contributed by atoms with E-state index in [-0.39, 0.29) is 12.0 Å². The van der Waals surface area contributed by atoms with Gasteiger partial charge >= 0.3 is 6.09 Å². The van der Waals surface area contributed by atoms with Gasteiger partial charge in [0.2, 0.25) is 5.91 Å². The quantitative estimate of drug-likeness (QED) is 0.730. The maximum Gasteiger partial charge on any atom is 0.410 e. The average molecular weight is 355 g/mol. The molecule has 0 N–H and O–H groups in total. The van der Waals surface area contributed by atoms with Gasteiger partial charge in [-0.1, -0.05) is 12.1 Å². The van der Waals surface area contributed by atoms with Gasteiger partial charge in [-0.2, -0.15) is 0 Å². The summed E-state index contributed by atoms with van der Waals surface area (Å²) in [5.41, 5.74) is 4.06. The Balaban J connectivity index is 1.70. The number of hydrogen-bond donors (Lipinski definition) is 0. The molecule has 4 rings (SSSR count). The Hall–Kier alpha value is -2.50. The van der Waals surface area contributed by atoms with E-state index < -0.39 is 5.60 Å². The fourth-order valence-corrected chi connectivity index (χ4v) is 4.01. The number of para-hydroxylation sites is 1. The Morgan fingerprint density at radius 3 is 2.62 bits per heavy atom. The summed E-state index contributed by atoms with van der Waals surface area (Å²) in [6.07, 6.45) is 1.25.